The number of carboxylic acid groups (broad SMARTS) is 1. The first-order chi connectivity index (χ1) is 15.0. The van der Waals surface area contributed by atoms with E-state index in [9.17, 15) is 27.6 Å². The molecule has 0 saturated carbocycles. The summed E-state index contributed by atoms with van der Waals surface area (Å²) >= 11 is 0. The molecule has 1 unspecified atom stereocenters. The number of nitrogens with one attached hydrogen (secondary N) is 2. The standard InChI is InChI=1S/C22H21F3N2O5/c1-21(19(29)30,22(23,24)25)27-18(28)10-11-26-20(31)32-12-17-15-8-4-2-6-13(15)14-7-3-5-9-16(14)17/h2-9,17H,10-12H2,1H3,(H,26,31)(H,27,28)(H,29,30). The lowest BCUT2D eigenvalue weighted by atomic mass is 9.98. The minimum absolute atomic E-state index is 0.0389. The molecule has 2 aromatic carbocycles. The average Bonchev–Trinajstić information content (AvgIpc) is 3.05. The quantitative estimate of drug-likeness (QED) is 0.600. The van der Waals surface area contributed by atoms with Gasteiger partial charge in [0, 0.05) is 18.9 Å². The summed E-state index contributed by atoms with van der Waals surface area (Å²) in [6, 6.07) is 15.5. The van der Waals surface area contributed by atoms with E-state index in [0.29, 0.717) is 6.92 Å². The molecule has 10 heteroatoms. The summed E-state index contributed by atoms with van der Waals surface area (Å²) in [5, 5.41) is 12.6. The Bertz CT molecular complexity index is 995. The average molecular weight is 450 g/mol. The number of hydrogen-bond acceptors (Lipinski definition) is 4. The van der Waals surface area contributed by atoms with Crippen LogP contribution in [0.4, 0.5) is 18.0 Å². The Balaban J connectivity index is 1.51. The Labute approximate surface area is 181 Å². The normalized spacial score (nSPS) is 14.6. The Morgan fingerprint density at radius 2 is 1.53 bits per heavy atom. The molecule has 7 nitrogen and oxygen atoms in total. The SMILES string of the molecule is CC(NC(=O)CCNC(=O)OCC1c2ccccc2-c2ccccc21)(C(=O)O)C(F)(F)F. The highest BCUT2D eigenvalue weighted by Crippen LogP contribution is 2.44. The smallest absolute Gasteiger partial charge is 0.422 e. The first-order valence-corrected chi connectivity index (χ1v) is 9.74. The van der Waals surface area contributed by atoms with Gasteiger partial charge in [0.1, 0.15) is 6.61 Å². The van der Waals surface area contributed by atoms with Crippen LogP contribution < -0.4 is 10.6 Å². The van der Waals surface area contributed by atoms with Crippen LogP contribution in [0.3, 0.4) is 0 Å². The molecule has 32 heavy (non-hydrogen) atoms. The van der Waals surface area contributed by atoms with E-state index in [2.05, 4.69) is 5.32 Å². The molecule has 3 rings (SSSR count). The fourth-order valence-corrected chi connectivity index (χ4v) is 3.51. The number of alkyl carbamates (subject to hydrolysis) is 1. The monoisotopic (exact) mass is 450 g/mol. The van der Waals surface area contributed by atoms with Gasteiger partial charge in [-0.3, -0.25) is 4.79 Å². The van der Waals surface area contributed by atoms with Crippen LogP contribution in [0.5, 0.6) is 0 Å². The summed E-state index contributed by atoms with van der Waals surface area (Å²) in [5.74, 6) is -3.58. The van der Waals surface area contributed by atoms with Crippen molar-refractivity contribution in [2.75, 3.05) is 13.2 Å². The highest BCUT2D eigenvalue weighted by atomic mass is 19.4. The maximum absolute atomic E-state index is 12.9. The van der Waals surface area contributed by atoms with E-state index in [-0.39, 0.29) is 19.1 Å². The van der Waals surface area contributed by atoms with Gasteiger partial charge in [0.15, 0.2) is 0 Å². The molecule has 0 saturated heterocycles. The fraction of sp³-hybridized carbons (Fsp3) is 0.318. The second-order valence-corrected chi connectivity index (χ2v) is 7.48. The highest BCUT2D eigenvalue weighted by Gasteiger charge is 2.58. The Morgan fingerprint density at radius 3 is 2.03 bits per heavy atom. The van der Waals surface area contributed by atoms with Crippen molar-refractivity contribution in [1.29, 1.82) is 0 Å². The van der Waals surface area contributed by atoms with E-state index in [1.807, 2.05) is 48.5 Å². The van der Waals surface area contributed by atoms with Crippen molar-refractivity contribution in [3.8, 4) is 11.1 Å². The van der Waals surface area contributed by atoms with E-state index in [1.165, 1.54) is 5.32 Å². The highest BCUT2D eigenvalue weighted by molar-refractivity contribution is 5.87. The van der Waals surface area contributed by atoms with Crippen LogP contribution in [-0.2, 0) is 14.3 Å². The number of alkyl halides is 3. The first kappa shape index (κ1) is 23.1. The van der Waals surface area contributed by atoms with Crippen molar-refractivity contribution in [3.63, 3.8) is 0 Å². The molecule has 0 radical (unpaired) electrons. The summed E-state index contributed by atoms with van der Waals surface area (Å²) in [4.78, 5) is 34.7. The van der Waals surface area contributed by atoms with Gasteiger partial charge < -0.3 is 20.5 Å². The van der Waals surface area contributed by atoms with Gasteiger partial charge in [-0.25, -0.2) is 9.59 Å². The van der Waals surface area contributed by atoms with Gasteiger partial charge >= 0.3 is 18.2 Å². The zero-order valence-corrected chi connectivity index (χ0v) is 17.0. The zero-order valence-electron chi connectivity index (χ0n) is 17.0. The molecule has 1 aliphatic rings. The van der Waals surface area contributed by atoms with Crippen LogP contribution in [0.1, 0.15) is 30.4 Å². The molecule has 0 spiro atoms. The van der Waals surface area contributed by atoms with Crippen molar-refractivity contribution in [2.45, 2.75) is 31.0 Å². The topological polar surface area (TPSA) is 105 Å². The molecule has 3 N–H and O–H groups in total. The number of halogens is 3. The van der Waals surface area contributed by atoms with Crippen LogP contribution in [0.15, 0.2) is 48.5 Å². The third kappa shape index (κ3) is 4.53. The number of carbonyl (C=O) groups excluding carboxylic acids is 2. The minimum Gasteiger partial charge on any atom is -0.479 e. The van der Waals surface area contributed by atoms with Gasteiger partial charge in [-0.1, -0.05) is 48.5 Å². The molecular weight excluding hydrogens is 429 g/mol. The van der Waals surface area contributed by atoms with Gasteiger partial charge in [-0.15, -0.1) is 0 Å². The van der Waals surface area contributed by atoms with E-state index in [4.69, 9.17) is 9.84 Å². The van der Waals surface area contributed by atoms with Gasteiger partial charge in [0.2, 0.25) is 11.4 Å². The predicted octanol–water partition coefficient (Wildman–Crippen LogP) is 3.44. The van der Waals surface area contributed by atoms with Gasteiger partial charge in [-0.05, 0) is 29.2 Å². The minimum atomic E-state index is -5.19. The van der Waals surface area contributed by atoms with E-state index in [0.717, 1.165) is 22.3 Å². The van der Waals surface area contributed by atoms with Gasteiger partial charge in [0.25, 0.3) is 0 Å². The van der Waals surface area contributed by atoms with Crippen LogP contribution in [0.2, 0.25) is 0 Å². The summed E-state index contributed by atoms with van der Waals surface area (Å²) in [7, 11) is 0. The second kappa shape index (κ2) is 8.89. The lowest BCUT2D eigenvalue weighted by Crippen LogP contribution is -2.62. The number of fused-ring (bicyclic) bond motifs is 3. The number of benzene rings is 2. The zero-order chi connectivity index (χ0) is 23.5. The second-order valence-electron chi connectivity index (χ2n) is 7.48. The van der Waals surface area contributed by atoms with Gasteiger partial charge in [0.05, 0.1) is 0 Å². The largest absolute Gasteiger partial charge is 0.479 e. The van der Waals surface area contributed by atoms with E-state index in [1.54, 1.807) is 0 Å². The Morgan fingerprint density at radius 1 is 1.00 bits per heavy atom. The number of amides is 2. The van der Waals surface area contributed by atoms with Crippen LogP contribution in [0, 0.1) is 0 Å². The van der Waals surface area contributed by atoms with Crippen LogP contribution >= 0.6 is 0 Å². The number of aliphatic carboxylic acids is 1. The molecule has 1 aliphatic carbocycles. The van der Waals surface area contributed by atoms with E-state index >= 15 is 0 Å². The maximum Gasteiger partial charge on any atom is 0.422 e. The summed E-state index contributed by atoms with van der Waals surface area (Å²) < 4.78 is 44.1. The molecule has 0 heterocycles. The molecular formula is C22H21F3N2O5. The predicted molar refractivity (Wildman–Crippen MR) is 108 cm³/mol. The molecule has 0 bridgehead atoms. The number of carbonyl (C=O) groups is 3. The first-order valence-electron chi connectivity index (χ1n) is 9.74. The van der Waals surface area contributed by atoms with Crippen LogP contribution in [0.25, 0.3) is 11.1 Å². The van der Waals surface area contributed by atoms with Crippen molar-refractivity contribution < 1.29 is 37.4 Å². The summed E-state index contributed by atoms with van der Waals surface area (Å²) in [6.45, 7) is 0.0689. The van der Waals surface area contributed by atoms with Crippen molar-refractivity contribution in [1.82, 2.24) is 10.6 Å². The lowest BCUT2D eigenvalue weighted by molar-refractivity contribution is -0.207. The van der Waals surface area contributed by atoms with E-state index < -0.39 is 36.1 Å². The van der Waals surface area contributed by atoms with Crippen LogP contribution in [-0.4, -0.2) is 47.9 Å². The number of ether oxygens (including phenoxy) is 1. The molecule has 170 valence electrons. The maximum atomic E-state index is 12.9. The molecule has 1 atom stereocenters. The number of hydrogen-bond donors (Lipinski definition) is 3. The Kier molecular flexibility index (Phi) is 6.42. The molecule has 0 aliphatic heterocycles. The molecule has 0 aromatic heterocycles. The summed E-state index contributed by atoms with van der Waals surface area (Å²) in [6.07, 6.45) is -6.57. The molecule has 2 aromatic rings. The Hall–Kier alpha value is -3.56. The number of rotatable bonds is 7. The van der Waals surface area contributed by atoms with Crippen molar-refractivity contribution >= 4 is 18.0 Å². The molecule has 0 fully saturated rings. The van der Waals surface area contributed by atoms with Gasteiger partial charge in [-0.2, -0.15) is 13.2 Å². The lowest BCUT2D eigenvalue weighted by Gasteiger charge is -2.28. The summed E-state index contributed by atoms with van der Waals surface area (Å²) in [5.41, 5.74) is 0.718. The number of carboxylic acids is 1. The molecule has 2 amide bonds. The third-order valence-corrected chi connectivity index (χ3v) is 5.35. The van der Waals surface area contributed by atoms with Crippen molar-refractivity contribution in [2.24, 2.45) is 0 Å². The van der Waals surface area contributed by atoms with Crippen molar-refractivity contribution in [3.05, 3.63) is 59.7 Å². The third-order valence-electron chi connectivity index (χ3n) is 5.35. The fourth-order valence-electron chi connectivity index (χ4n) is 3.51.